The van der Waals surface area contributed by atoms with E-state index < -0.39 is 18.2 Å². The summed E-state index contributed by atoms with van der Waals surface area (Å²) in [4.78, 5) is 11.0. The average molecular weight is 260 g/mol. The lowest BCUT2D eigenvalue weighted by atomic mass is 10.0. The lowest BCUT2D eigenvalue weighted by Crippen LogP contribution is -2.22. The van der Waals surface area contributed by atoms with Crippen molar-refractivity contribution >= 4 is 23.3 Å². The highest BCUT2D eigenvalue weighted by atomic mass is 35.5. The van der Waals surface area contributed by atoms with Crippen LogP contribution in [0.3, 0.4) is 0 Å². The third-order valence-corrected chi connectivity index (χ3v) is 2.64. The van der Waals surface area contributed by atoms with Gasteiger partial charge in [0, 0.05) is 16.3 Å². The van der Waals surface area contributed by atoms with E-state index in [-0.39, 0.29) is 11.4 Å². The summed E-state index contributed by atoms with van der Waals surface area (Å²) in [5.41, 5.74) is 6.27. The quantitative estimate of drug-likeness (QED) is 0.551. The van der Waals surface area contributed by atoms with Gasteiger partial charge in [0.05, 0.1) is 19.6 Å². The largest absolute Gasteiger partial charge is 0.469 e. The Bertz CT molecular complexity index is 410. The second-order valence-corrected chi connectivity index (χ2v) is 3.98. The molecule has 5 nitrogen and oxygen atoms in total. The molecule has 6 heteroatoms. The predicted octanol–water partition coefficient (Wildman–Crippen LogP) is 0.880. The number of esters is 1. The summed E-state index contributed by atoms with van der Waals surface area (Å²) in [6, 6.07) is 4.52. The molecule has 0 radical (unpaired) electrons. The van der Waals surface area contributed by atoms with Crippen LogP contribution in [0.2, 0.25) is 5.02 Å². The average Bonchev–Trinajstić information content (AvgIpc) is 2.28. The van der Waals surface area contributed by atoms with Gasteiger partial charge in [-0.2, -0.15) is 0 Å². The van der Waals surface area contributed by atoms with Gasteiger partial charge in [0.25, 0.3) is 0 Å². The first-order valence-corrected chi connectivity index (χ1v) is 5.31. The standard InChI is InChI=1S/C11H14ClNO4/c1-17-10(15)5-9(14)11(16)7-3-2-6(13)4-8(7)12/h2-4,9,11,14,16H,5,13H2,1H3. The van der Waals surface area contributed by atoms with Crippen LogP contribution >= 0.6 is 11.6 Å². The Hall–Kier alpha value is -1.30. The number of rotatable bonds is 4. The summed E-state index contributed by atoms with van der Waals surface area (Å²) in [6.45, 7) is 0. The van der Waals surface area contributed by atoms with Crippen molar-refractivity contribution in [1.29, 1.82) is 0 Å². The van der Waals surface area contributed by atoms with Crippen LogP contribution in [0.1, 0.15) is 18.1 Å². The number of aliphatic hydroxyl groups is 2. The van der Waals surface area contributed by atoms with Crippen LogP contribution in [0.4, 0.5) is 5.69 Å². The van der Waals surface area contributed by atoms with Gasteiger partial charge >= 0.3 is 5.97 Å². The number of halogens is 1. The minimum absolute atomic E-state index is 0.237. The normalized spacial score (nSPS) is 14.1. The molecule has 0 saturated carbocycles. The number of methoxy groups -OCH3 is 1. The lowest BCUT2D eigenvalue weighted by Gasteiger charge is -2.18. The van der Waals surface area contributed by atoms with Gasteiger partial charge in [0.2, 0.25) is 0 Å². The van der Waals surface area contributed by atoms with Crippen molar-refractivity contribution in [2.45, 2.75) is 18.6 Å². The van der Waals surface area contributed by atoms with Gasteiger partial charge in [0.1, 0.15) is 6.10 Å². The van der Waals surface area contributed by atoms with Crippen LogP contribution in [-0.2, 0) is 9.53 Å². The Morgan fingerprint density at radius 3 is 2.71 bits per heavy atom. The molecular formula is C11H14ClNO4. The third kappa shape index (κ3) is 3.59. The second-order valence-electron chi connectivity index (χ2n) is 3.57. The number of carbonyl (C=O) groups is 1. The van der Waals surface area contributed by atoms with E-state index in [9.17, 15) is 15.0 Å². The van der Waals surface area contributed by atoms with E-state index in [0.29, 0.717) is 11.3 Å². The Morgan fingerprint density at radius 2 is 2.18 bits per heavy atom. The monoisotopic (exact) mass is 259 g/mol. The van der Waals surface area contributed by atoms with Crippen molar-refractivity contribution < 1.29 is 19.7 Å². The zero-order valence-electron chi connectivity index (χ0n) is 9.26. The summed E-state index contributed by atoms with van der Waals surface area (Å²) >= 11 is 5.87. The SMILES string of the molecule is COC(=O)CC(O)C(O)c1ccc(N)cc1Cl. The zero-order valence-corrected chi connectivity index (χ0v) is 10.0. The molecule has 0 bridgehead atoms. The van der Waals surface area contributed by atoms with Gasteiger partial charge < -0.3 is 20.7 Å². The van der Waals surface area contributed by atoms with Gasteiger partial charge in [-0.25, -0.2) is 0 Å². The van der Waals surface area contributed by atoms with Crippen LogP contribution in [0.5, 0.6) is 0 Å². The molecule has 0 spiro atoms. The summed E-state index contributed by atoms with van der Waals surface area (Å²) in [5, 5.41) is 19.7. The highest BCUT2D eigenvalue weighted by molar-refractivity contribution is 6.31. The topological polar surface area (TPSA) is 92.8 Å². The number of hydrogen-bond acceptors (Lipinski definition) is 5. The number of ether oxygens (including phenoxy) is 1. The van der Waals surface area contributed by atoms with Crippen molar-refractivity contribution in [2.24, 2.45) is 0 Å². The van der Waals surface area contributed by atoms with Crippen LogP contribution in [-0.4, -0.2) is 29.4 Å². The first-order valence-electron chi connectivity index (χ1n) is 4.93. The summed E-state index contributed by atoms with van der Waals surface area (Å²) in [6.07, 6.45) is -2.84. The second kappa shape index (κ2) is 5.86. The Morgan fingerprint density at radius 1 is 1.53 bits per heavy atom. The van der Waals surface area contributed by atoms with Crippen molar-refractivity contribution in [3.8, 4) is 0 Å². The minimum Gasteiger partial charge on any atom is -0.469 e. The number of aliphatic hydroxyl groups excluding tert-OH is 2. The highest BCUT2D eigenvalue weighted by Gasteiger charge is 2.23. The molecule has 0 heterocycles. The number of carbonyl (C=O) groups excluding carboxylic acids is 1. The maximum atomic E-state index is 11.0. The summed E-state index contributed by atoms with van der Waals surface area (Å²) in [5.74, 6) is -0.608. The van der Waals surface area contributed by atoms with Gasteiger partial charge in [-0.15, -0.1) is 0 Å². The van der Waals surface area contributed by atoms with E-state index in [1.807, 2.05) is 0 Å². The maximum absolute atomic E-state index is 11.0. The fourth-order valence-corrected chi connectivity index (χ4v) is 1.66. The molecule has 1 aromatic rings. The first-order chi connectivity index (χ1) is 7.95. The molecular weight excluding hydrogens is 246 g/mol. The van der Waals surface area contributed by atoms with Crippen LogP contribution in [0.15, 0.2) is 18.2 Å². The van der Waals surface area contributed by atoms with Crippen LogP contribution < -0.4 is 5.73 Å². The van der Waals surface area contributed by atoms with Crippen molar-refractivity contribution in [3.05, 3.63) is 28.8 Å². The minimum atomic E-state index is -1.27. The molecule has 0 amide bonds. The predicted molar refractivity (Wildman–Crippen MR) is 63.5 cm³/mol. The molecule has 2 atom stereocenters. The van der Waals surface area contributed by atoms with Crippen LogP contribution in [0, 0.1) is 0 Å². The van der Waals surface area contributed by atoms with Crippen molar-refractivity contribution in [3.63, 3.8) is 0 Å². The molecule has 1 rings (SSSR count). The van der Waals surface area contributed by atoms with Crippen LogP contribution in [0.25, 0.3) is 0 Å². The molecule has 1 aromatic carbocycles. The molecule has 4 N–H and O–H groups in total. The highest BCUT2D eigenvalue weighted by Crippen LogP contribution is 2.28. The van der Waals surface area contributed by atoms with Crippen molar-refractivity contribution in [2.75, 3.05) is 12.8 Å². The lowest BCUT2D eigenvalue weighted by molar-refractivity contribution is -0.144. The fourth-order valence-electron chi connectivity index (χ4n) is 1.36. The maximum Gasteiger partial charge on any atom is 0.308 e. The molecule has 0 aliphatic carbocycles. The zero-order chi connectivity index (χ0) is 13.0. The molecule has 94 valence electrons. The van der Waals surface area contributed by atoms with Gasteiger partial charge in [0.15, 0.2) is 0 Å². The van der Waals surface area contributed by atoms with E-state index >= 15 is 0 Å². The molecule has 0 aromatic heterocycles. The smallest absolute Gasteiger partial charge is 0.308 e. The molecule has 0 aliphatic heterocycles. The number of nitrogens with two attached hydrogens (primary N) is 1. The van der Waals surface area contributed by atoms with Gasteiger partial charge in [-0.05, 0) is 12.1 Å². The Labute approximate surface area is 104 Å². The first kappa shape index (κ1) is 13.8. The number of hydrogen-bond donors (Lipinski definition) is 3. The molecule has 0 fully saturated rings. The van der Waals surface area contributed by atoms with E-state index in [1.54, 1.807) is 6.07 Å². The van der Waals surface area contributed by atoms with E-state index in [4.69, 9.17) is 17.3 Å². The van der Waals surface area contributed by atoms with Gasteiger partial charge in [-0.1, -0.05) is 17.7 Å². The van der Waals surface area contributed by atoms with Crippen molar-refractivity contribution in [1.82, 2.24) is 0 Å². The third-order valence-electron chi connectivity index (χ3n) is 2.31. The number of anilines is 1. The van der Waals surface area contributed by atoms with E-state index in [0.717, 1.165) is 0 Å². The number of nitrogen functional groups attached to an aromatic ring is 1. The number of benzene rings is 1. The molecule has 2 unspecified atom stereocenters. The summed E-state index contributed by atoms with van der Waals surface area (Å²) in [7, 11) is 1.21. The van der Waals surface area contributed by atoms with Gasteiger partial charge in [-0.3, -0.25) is 4.79 Å². The molecule has 0 saturated heterocycles. The fraction of sp³-hybridized carbons (Fsp3) is 0.364. The van der Waals surface area contributed by atoms with E-state index in [1.165, 1.54) is 19.2 Å². The van der Waals surface area contributed by atoms with E-state index in [2.05, 4.69) is 4.74 Å². The molecule has 0 aliphatic rings. The molecule has 17 heavy (non-hydrogen) atoms. The Balaban J connectivity index is 2.81. The summed E-state index contributed by atoms with van der Waals surface area (Å²) < 4.78 is 4.39. The Kier molecular flexibility index (Phi) is 4.74.